The maximum absolute atomic E-state index is 11.8. The summed E-state index contributed by atoms with van der Waals surface area (Å²) in [5.41, 5.74) is -0.880. The van der Waals surface area contributed by atoms with E-state index in [0.29, 0.717) is 12.8 Å². The molecular weight excluding hydrogens is 218 g/mol. The molecule has 5 nitrogen and oxygen atoms in total. The molecule has 0 aromatic carbocycles. The highest BCUT2D eigenvalue weighted by atomic mass is 16.5. The first kappa shape index (κ1) is 12.8. The first-order valence-electron chi connectivity index (χ1n) is 6.17. The molecule has 5 heteroatoms. The third-order valence-corrected chi connectivity index (χ3v) is 3.62. The van der Waals surface area contributed by atoms with Crippen molar-refractivity contribution in [2.24, 2.45) is 0 Å². The Morgan fingerprint density at radius 3 is 2.06 bits per heavy atom. The van der Waals surface area contributed by atoms with Crippen molar-refractivity contribution < 1.29 is 10.0 Å². The molecule has 3 N–H and O–H groups in total. The second kappa shape index (κ2) is 3.43. The number of nitrogens with zero attached hydrogens (tertiary/aromatic N) is 1. The Kier molecular flexibility index (Phi) is 2.58. The van der Waals surface area contributed by atoms with Gasteiger partial charge in [-0.2, -0.15) is 0 Å². The summed E-state index contributed by atoms with van der Waals surface area (Å²) in [7, 11) is 0. The van der Waals surface area contributed by atoms with E-state index in [0.717, 1.165) is 5.06 Å². The van der Waals surface area contributed by atoms with E-state index in [-0.39, 0.29) is 23.0 Å². The lowest BCUT2D eigenvalue weighted by Crippen LogP contribution is -2.69. The number of amides is 1. The van der Waals surface area contributed by atoms with Gasteiger partial charge >= 0.3 is 0 Å². The molecule has 0 aliphatic carbocycles. The lowest BCUT2D eigenvalue weighted by molar-refractivity contribution is -0.196. The standard InChI is InChI=1S/C12H23N3O2/c1-8-9(16)15(17)12(13-8)6-10(2,3)14-11(4,5)7-12/h8,13-14,17H,6-7H2,1-5H3. The predicted octanol–water partition coefficient (Wildman–Crippen LogP) is 0.833. The molecule has 2 fully saturated rings. The van der Waals surface area contributed by atoms with E-state index in [1.54, 1.807) is 6.92 Å². The van der Waals surface area contributed by atoms with Crippen molar-refractivity contribution in [2.45, 2.75) is 70.2 Å². The molecule has 0 radical (unpaired) electrons. The maximum atomic E-state index is 11.8. The van der Waals surface area contributed by atoms with Crippen molar-refractivity contribution in [1.29, 1.82) is 0 Å². The van der Waals surface area contributed by atoms with Crippen LogP contribution in [0.3, 0.4) is 0 Å². The smallest absolute Gasteiger partial charge is 0.264 e. The van der Waals surface area contributed by atoms with Crippen LogP contribution < -0.4 is 10.6 Å². The topological polar surface area (TPSA) is 64.6 Å². The summed E-state index contributed by atoms with van der Waals surface area (Å²) >= 11 is 0. The number of piperidine rings is 1. The summed E-state index contributed by atoms with van der Waals surface area (Å²) in [5, 5.41) is 17.8. The highest BCUT2D eigenvalue weighted by Crippen LogP contribution is 2.40. The van der Waals surface area contributed by atoms with Crippen LogP contribution in [-0.4, -0.2) is 39.0 Å². The molecule has 1 amide bonds. The molecule has 0 aromatic rings. The lowest BCUT2D eigenvalue weighted by atomic mass is 9.75. The Hall–Kier alpha value is -0.650. The molecule has 1 spiro atoms. The highest BCUT2D eigenvalue weighted by molar-refractivity contribution is 5.83. The van der Waals surface area contributed by atoms with E-state index in [9.17, 15) is 10.0 Å². The zero-order chi connectivity index (χ0) is 13.1. The molecule has 17 heavy (non-hydrogen) atoms. The summed E-state index contributed by atoms with van der Waals surface area (Å²) in [6.07, 6.45) is 1.38. The number of rotatable bonds is 0. The van der Waals surface area contributed by atoms with Gasteiger partial charge in [-0.3, -0.25) is 15.3 Å². The van der Waals surface area contributed by atoms with E-state index < -0.39 is 5.66 Å². The van der Waals surface area contributed by atoms with Crippen molar-refractivity contribution >= 4 is 5.91 Å². The molecule has 1 atom stereocenters. The van der Waals surface area contributed by atoms with Crippen molar-refractivity contribution in [3.63, 3.8) is 0 Å². The highest BCUT2D eigenvalue weighted by Gasteiger charge is 2.56. The molecule has 2 saturated heterocycles. The fourth-order valence-corrected chi connectivity index (χ4v) is 3.70. The van der Waals surface area contributed by atoms with Gasteiger partial charge in [-0.1, -0.05) is 0 Å². The van der Waals surface area contributed by atoms with E-state index in [4.69, 9.17) is 0 Å². The predicted molar refractivity (Wildman–Crippen MR) is 64.5 cm³/mol. The minimum absolute atomic E-state index is 0.125. The summed E-state index contributed by atoms with van der Waals surface area (Å²) in [4.78, 5) is 11.8. The molecule has 2 heterocycles. The SMILES string of the molecule is CC1NC2(CC(C)(C)NC(C)(C)C2)N(O)C1=O. The summed E-state index contributed by atoms with van der Waals surface area (Å²) < 4.78 is 0. The van der Waals surface area contributed by atoms with Crippen LogP contribution in [0, 0.1) is 0 Å². The lowest BCUT2D eigenvalue weighted by Gasteiger charge is -2.52. The number of hydrogen-bond acceptors (Lipinski definition) is 4. The Morgan fingerprint density at radius 1 is 1.24 bits per heavy atom. The fourth-order valence-electron chi connectivity index (χ4n) is 3.70. The quantitative estimate of drug-likeness (QED) is 0.550. The number of carbonyl (C=O) groups excluding carboxylic acids is 1. The van der Waals surface area contributed by atoms with Crippen molar-refractivity contribution in [3.8, 4) is 0 Å². The molecule has 1 unspecified atom stereocenters. The molecule has 2 aliphatic heterocycles. The first-order valence-corrected chi connectivity index (χ1v) is 6.17. The Bertz CT molecular complexity index is 336. The van der Waals surface area contributed by atoms with Crippen molar-refractivity contribution in [2.75, 3.05) is 0 Å². The van der Waals surface area contributed by atoms with Crippen LogP contribution in [0.15, 0.2) is 0 Å². The average molecular weight is 241 g/mol. The zero-order valence-corrected chi connectivity index (χ0v) is 11.3. The van der Waals surface area contributed by atoms with Gasteiger partial charge in [-0.15, -0.1) is 0 Å². The van der Waals surface area contributed by atoms with Gasteiger partial charge in [-0.25, -0.2) is 5.06 Å². The van der Waals surface area contributed by atoms with Crippen LogP contribution in [0.4, 0.5) is 0 Å². The van der Waals surface area contributed by atoms with E-state index >= 15 is 0 Å². The second-order valence-electron chi connectivity index (χ2n) is 6.79. The second-order valence-corrected chi connectivity index (χ2v) is 6.79. The molecule has 0 saturated carbocycles. The molecule has 0 aromatic heterocycles. The normalized spacial score (nSPS) is 34.4. The summed E-state index contributed by atoms with van der Waals surface area (Å²) in [5.74, 6) is -0.237. The molecule has 2 aliphatic rings. The van der Waals surface area contributed by atoms with Gasteiger partial charge in [0.15, 0.2) is 0 Å². The van der Waals surface area contributed by atoms with E-state index in [1.807, 2.05) is 0 Å². The molecule has 98 valence electrons. The van der Waals surface area contributed by atoms with Crippen molar-refractivity contribution in [3.05, 3.63) is 0 Å². The van der Waals surface area contributed by atoms with Crippen LogP contribution in [0.25, 0.3) is 0 Å². The largest absolute Gasteiger partial charge is 0.307 e. The van der Waals surface area contributed by atoms with Gasteiger partial charge in [-0.05, 0) is 34.6 Å². The average Bonchev–Trinajstić information content (AvgIpc) is 2.25. The Morgan fingerprint density at radius 2 is 1.71 bits per heavy atom. The van der Waals surface area contributed by atoms with Crippen LogP contribution in [0.1, 0.15) is 47.5 Å². The van der Waals surface area contributed by atoms with Gasteiger partial charge < -0.3 is 5.32 Å². The molecular formula is C12H23N3O2. The third-order valence-electron chi connectivity index (χ3n) is 3.62. The fraction of sp³-hybridized carbons (Fsp3) is 0.917. The minimum atomic E-state index is -0.630. The van der Waals surface area contributed by atoms with Gasteiger partial charge in [0.25, 0.3) is 5.91 Å². The maximum Gasteiger partial charge on any atom is 0.264 e. The van der Waals surface area contributed by atoms with Crippen LogP contribution >= 0.6 is 0 Å². The number of nitrogens with one attached hydrogen (secondary N) is 2. The van der Waals surface area contributed by atoms with Gasteiger partial charge in [0.1, 0.15) is 5.66 Å². The zero-order valence-electron chi connectivity index (χ0n) is 11.3. The molecule has 0 bridgehead atoms. The van der Waals surface area contributed by atoms with Crippen LogP contribution in [-0.2, 0) is 4.79 Å². The Labute approximate surface area is 103 Å². The summed E-state index contributed by atoms with van der Waals surface area (Å²) in [6.45, 7) is 10.2. The van der Waals surface area contributed by atoms with Gasteiger partial charge in [0, 0.05) is 23.9 Å². The first-order chi connectivity index (χ1) is 7.57. The van der Waals surface area contributed by atoms with Crippen LogP contribution in [0.5, 0.6) is 0 Å². The minimum Gasteiger partial charge on any atom is -0.307 e. The van der Waals surface area contributed by atoms with Crippen LogP contribution in [0.2, 0.25) is 0 Å². The number of carbonyl (C=O) groups is 1. The monoisotopic (exact) mass is 241 g/mol. The van der Waals surface area contributed by atoms with E-state index in [1.165, 1.54) is 0 Å². The van der Waals surface area contributed by atoms with Gasteiger partial charge in [0.2, 0.25) is 0 Å². The number of hydrogen-bond donors (Lipinski definition) is 3. The van der Waals surface area contributed by atoms with Gasteiger partial charge in [0.05, 0.1) is 6.04 Å². The summed E-state index contributed by atoms with van der Waals surface area (Å²) in [6, 6.07) is -0.315. The third kappa shape index (κ3) is 2.07. The van der Waals surface area contributed by atoms with Crippen molar-refractivity contribution in [1.82, 2.24) is 15.7 Å². The number of hydroxylamine groups is 2. The molecule has 2 rings (SSSR count). The Balaban J connectivity index is 2.35. The van der Waals surface area contributed by atoms with E-state index in [2.05, 4.69) is 38.3 Å².